The van der Waals surface area contributed by atoms with Gasteiger partial charge in [0, 0.05) is 32.9 Å². The molecule has 0 saturated heterocycles. The van der Waals surface area contributed by atoms with Crippen LogP contribution in [0.3, 0.4) is 0 Å². The maximum Gasteiger partial charge on any atom is 0.0772 e. The number of benzene rings is 4. The van der Waals surface area contributed by atoms with E-state index in [1.165, 1.54) is 50.1 Å². The van der Waals surface area contributed by atoms with Gasteiger partial charge < -0.3 is 0 Å². The molecule has 3 heterocycles. The highest BCUT2D eigenvalue weighted by atomic mass is 32.1. The van der Waals surface area contributed by atoms with Crippen LogP contribution in [0.15, 0.2) is 107 Å². The van der Waals surface area contributed by atoms with E-state index in [9.17, 15) is 0 Å². The summed E-state index contributed by atoms with van der Waals surface area (Å²) in [7, 11) is 0. The third-order valence-electron chi connectivity index (χ3n) is 14.5. The molecule has 0 saturated carbocycles. The normalized spacial score (nSPS) is 14.9. The highest BCUT2D eigenvalue weighted by Crippen LogP contribution is 2.70. The summed E-state index contributed by atoms with van der Waals surface area (Å²) in [5, 5.41) is 6.33. The largest absolute Gasteiger partial charge is 0.135 e. The molecule has 0 fully saturated rings. The number of rotatable bonds is 6. The fourth-order valence-corrected chi connectivity index (χ4v) is 13.2. The molecule has 7 aromatic rings. The Morgan fingerprint density at radius 1 is 0.367 bits per heavy atom. The summed E-state index contributed by atoms with van der Waals surface area (Å²) < 4.78 is 0. The molecule has 0 radical (unpaired) electrons. The fourth-order valence-electron chi connectivity index (χ4n) is 11.5. The lowest BCUT2D eigenvalue weighted by atomic mass is 9.65. The van der Waals surface area contributed by atoms with Crippen LogP contribution in [0.1, 0.15) is 145 Å². The Balaban J connectivity index is 1.32. The Morgan fingerprint density at radius 2 is 0.650 bits per heavy atom. The number of fused-ring (bicyclic) bond motifs is 12. The molecule has 10 rings (SSSR count). The maximum atomic E-state index is 3.59. The Bertz CT molecular complexity index is 2650. The Kier molecular flexibility index (Phi) is 9.70. The van der Waals surface area contributed by atoms with Gasteiger partial charge in [-0.15, -0.1) is 34.0 Å². The molecule has 3 aromatic heterocycles. The van der Waals surface area contributed by atoms with Crippen molar-refractivity contribution < 1.29 is 0 Å². The van der Waals surface area contributed by atoms with Crippen LogP contribution in [-0.2, 0) is 16.2 Å². The van der Waals surface area contributed by atoms with Crippen molar-refractivity contribution in [2.45, 2.75) is 96.3 Å². The van der Waals surface area contributed by atoms with Gasteiger partial charge in [0.25, 0.3) is 0 Å². The van der Waals surface area contributed by atoms with Crippen LogP contribution >= 0.6 is 34.0 Å². The van der Waals surface area contributed by atoms with Crippen LogP contribution in [0.25, 0.3) is 33.4 Å². The van der Waals surface area contributed by atoms with Crippen LogP contribution in [0.5, 0.6) is 0 Å². The monoisotopic (exact) mass is 828 g/mol. The second-order valence-electron chi connectivity index (χ2n) is 16.6. The lowest BCUT2D eigenvalue weighted by molar-refractivity contribution is 0.473. The highest BCUT2D eigenvalue weighted by Gasteiger charge is 2.56. The van der Waals surface area contributed by atoms with Gasteiger partial charge in [-0.05, 0) is 176 Å². The summed E-state index contributed by atoms with van der Waals surface area (Å²) in [6, 6.07) is 34.2. The van der Waals surface area contributed by atoms with E-state index in [2.05, 4.69) is 184 Å². The van der Waals surface area contributed by atoms with Gasteiger partial charge in [0.2, 0.25) is 0 Å². The van der Waals surface area contributed by atoms with Crippen molar-refractivity contribution in [3.63, 3.8) is 0 Å². The van der Waals surface area contributed by atoms with Crippen molar-refractivity contribution in [1.29, 1.82) is 0 Å². The third kappa shape index (κ3) is 5.51. The molecule has 3 aliphatic rings. The lowest BCUT2D eigenvalue weighted by Crippen LogP contribution is -2.29. The van der Waals surface area contributed by atoms with Crippen molar-refractivity contribution in [3.8, 4) is 68.9 Å². The summed E-state index contributed by atoms with van der Waals surface area (Å²) in [4.78, 5) is 3.31. The van der Waals surface area contributed by atoms with Gasteiger partial charge in [-0.3, -0.25) is 0 Å². The molecule has 0 N–H and O–H groups in total. The molecule has 0 spiro atoms. The fraction of sp³-hybridized carbons (Fsp3) is 0.263. The molecule has 4 aromatic carbocycles. The lowest BCUT2D eigenvalue weighted by Gasteiger charge is -2.37. The summed E-state index contributed by atoms with van der Waals surface area (Å²) >= 11 is 5.12. The predicted molar refractivity (Wildman–Crippen MR) is 258 cm³/mol. The highest BCUT2D eigenvalue weighted by molar-refractivity contribution is 7.11. The van der Waals surface area contributed by atoms with Gasteiger partial charge in [0.15, 0.2) is 0 Å². The van der Waals surface area contributed by atoms with Gasteiger partial charge in [-0.1, -0.05) is 113 Å². The molecule has 0 amide bonds. The molecular formula is C57H48S3. The van der Waals surface area contributed by atoms with E-state index >= 15 is 0 Å². The number of hydrogen-bond donors (Lipinski definition) is 0. The first-order valence-corrected chi connectivity index (χ1v) is 24.4. The zero-order valence-corrected chi connectivity index (χ0v) is 37.8. The van der Waals surface area contributed by atoms with Crippen LogP contribution in [-0.4, -0.2) is 0 Å². The minimum absolute atomic E-state index is 0.170. The molecule has 60 heavy (non-hydrogen) atoms. The van der Waals surface area contributed by atoms with Gasteiger partial charge in [0.05, 0.1) is 14.6 Å². The summed E-state index contributed by atoms with van der Waals surface area (Å²) in [5.74, 6) is 21.2. The third-order valence-corrected chi connectivity index (χ3v) is 16.9. The minimum Gasteiger partial charge on any atom is -0.135 e. The summed E-state index contributed by atoms with van der Waals surface area (Å²) in [5.41, 5.74) is 20.4. The zero-order valence-electron chi connectivity index (χ0n) is 35.4. The molecule has 3 heteroatoms. The van der Waals surface area contributed by atoms with Crippen LogP contribution in [0.4, 0.5) is 0 Å². The first-order valence-electron chi connectivity index (χ1n) is 21.8. The Morgan fingerprint density at radius 3 is 0.883 bits per heavy atom. The van der Waals surface area contributed by atoms with Crippen LogP contribution < -0.4 is 0 Å². The van der Waals surface area contributed by atoms with Gasteiger partial charge in [0.1, 0.15) is 0 Å². The number of hydrogen-bond acceptors (Lipinski definition) is 3. The molecule has 0 unspecified atom stereocenters. The van der Waals surface area contributed by atoms with Crippen LogP contribution in [0, 0.1) is 35.5 Å². The van der Waals surface area contributed by atoms with Crippen molar-refractivity contribution in [1.82, 2.24) is 0 Å². The second-order valence-corrected chi connectivity index (χ2v) is 19.4. The topological polar surface area (TPSA) is 0 Å². The van der Waals surface area contributed by atoms with Gasteiger partial charge in [-0.2, -0.15) is 0 Å². The molecule has 3 aliphatic carbocycles. The predicted octanol–water partition coefficient (Wildman–Crippen LogP) is 15.3. The molecule has 0 nitrogen and oxygen atoms in total. The van der Waals surface area contributed by atoms with Crippen molar-refractivity contribution in [3.05, 3.63) is 172 Å². The van der Waals surface area contributed by atoms with E-state index in [1.54, 1.807) is 50.7 Å². The van der Waals surface area contributed by atoms with E-state index in [0.29, 0.717) is 0 Å². The summed E-state index contributed by atoms with van der Waals surface area (Å²) in [6.07, 6.45) is 6.10. The quantitative estimate of drug-likeness (QED) is 0.147. The van der Waals surface area contributed by atoms with E-state index in [-0.39, 0.29) is 16.2 Å². The van der Waals surface area contributed by atoms with Crippen molar-refractivity contribution >= 4 is 34.0 Å². The zero-order chi connectivity index (χ0) is 41.2. The molecule has 0 aliphatic heterocycles. The molecule has 0 bridgehead atoms. The Hall–Kier alpha value is -5.34. The second kappa shape index (κ2) is 15.0. The minimum atomic E-state index is -0.170. The SMILES string of the molecule is CCC1(CC)c2cc(C#Cc3cccs3)ccc2-c2c1c1c(c3c2C(CC)(CC)c2cc(C#Cc4cccs4)ccc2-3)C(CC)(CC)c2cc(C#Cc3cccs3)ccc2-1. The standard InChI is InChI=1S/C57H48S3/c1-7-55(8-2)46-34-37(19-25-40-16-13-31-58-40)22-28-43(46)49-52(55)50-44-29-23-38(20-26-41-17-14-32-59-41)35-47(44)56(9-3,10-4)54(50)51-45-30-24-39(21-27-42-18-15-33-60-42)36-48(45)57(11-5,12-6)53(49)51/h13-18,22-24,28-36H,7-12H2,1-6H3. The van der Waals surface area contributed by atoms with E-state index in [4.69, 9.17) is 0 Å². The first kappa shape index (κ1) is 38.8. The molecular weight excluding hydrogens is 781 g/mol. The van der Waals surface area contributed by atoms with Crippen molar-refractivity contribution in [2.75, 3.05) is 0 Å². The Labute approximate surface area is 368 Å². The van der Waals surface area contributed by atoms with Crippen molar-refractivity contribution in [2.24, 2.45) is 0 Å². The van der Waals surface area contributed by atoms with E-state index in [0.717, 1.165) is 69.8 Å². The van der Waals surface area contributed by atoms with E-state index in [1.807, 2.05) is 0 Å². The van der Waals surface area contributed by atoms with Crippen LogP contribution in [0.2, 0.25) is 0 Å². The smallest absolute Gasteiger partial charge is 0.0772 e. The average Bonchev–Trinajstić information content (AvgIpc) is 4.16. The maximum absolute atomic E-state index is 3.59. The molecule has 0 atom stereocenters. The first-order chi connectivity index (χ1) is 29.4. The number of thiophene rings is 3. The van der Waals surface area contributed by atoms with E-state index < -0.39 is 0 Å². The average molecular weight is 829 g/mol. The summed E-state index contributed by atoms with van der Waals surface area (Å²) in [6.45, 7) is 14.6. The van der Waals surface area contributed by atoms with Gasteiger partial charge >= 0.3 is 0 Å². The molecule has 294 valence electrons. The van der Waals surface area contributed by atoms with Gasteiger partial charge in [-0.25, -0.2) is 0 Å².